The summed E-state index contributed by atoms with van der Waals surface area (Å²) in [6, 6.07) is 7.22. The zero-order chi connectivity index (χ0) is 16.9. The maximum Gasteiger partial charge on any atom is 0.223 e. The first-order valence-corrected chi connectivity index (χ1v) is 9.26. The van der Waals surface area contributed by atoms with Gasteiger partial charge in [-0.2, -0.15) is 0 Å². The van der Waals surface area contributed by atoms with Gasteiger partial charge in [-0.3, -0.25) is 9.59 Å². The van der Waals surface area contributed by atoms with E-state index in [4.69, 9.17) is 9.47 Å². The maximum absolute atomic E-state index is 12.6. The molecule has 0 spiro atoms. The molecule has 0 saturated carbocycles. The number of nitrogens with zero attached hydrogens (tertiary/aromatic N) is 1. The SMILES string of the molecule is O=C(CCC(=O)N1CCCC[C@H]1C1OCCO1)c1ccc(Br)cc1. The van der Waals surface area contributed by atoms with Gasteiger partial charge in [0.25, 0.3) is 0 Å². The van der Waals surface area contributed by atoms with Crippen molar-refractivity contribution >= 4 is 27.6 Å². The number of carbonyl (C=O) groups is 2. The average molecular weight is 396 g/mol. The molecule has 2 aliphatic heterocycles. The van der Waals surface area contributed by atoms with Gasteiger partial charge >= 0.3 is 0 Å². The molecule has 5 nitrogen and oxygen atoms in total. The van der Waals surface area contributed by atoms with Crippen molar-refractivity contribution in [2.24, 2.45) is 0 Å². The van der Waals surface area contributed by atoms with Gasteiger partial charge in [0.2, 0.25) is 5.91 Å². The number of amides is 1. The van der Waals surface area contributed by atoms with Crippen LogP contribution in [-0.2, 0) is 14.3 Å². The first kappa shape index (κ1) is 17.6. The molecule has 1 aromatic carbocycles. The Hall–Kier alpha value is -1.24. The third-order valence-electron chi connectivity index (χ3n) is 4.56. The van der Waals surface area contributed by atoms with E-state index in [1.807, 2.05) is 17.0 Å². The molecule has 1 atom stereocenters. The van der Waals surface area contributed by atoms with Crippen LogP contribution in [0.2, 0.25) is 0 Å². The second-order valence-corrected chi connectivity index (χ2v) is 7.11. The summed E-state index contributed by atoms with van der Waals surface area (Å²) >= 11 is 3.35. The van der Waals surface area contributed by atoms with Gasteiger partial charge in [0.15, 0.2) is 12.1 Å². The van der Waals surface area contributed by atoms with Crippen LogP contribution < -0.4 is 0 Å². The van der Waals surface area contributed by atoms with Crippen molar-refractivity contribution in [3.05, 3.63) is 34.3 Å². The molecular formula is C18H22BrNO4. The van der Waals surface area contributed by atoms with Gasteiger partial charge in [-0.25, -0.2) is 0 Å². The largest absolute Gasteiger partial charge is 0.348 e. The third kappa shape index (κ3) is 4.23. The summed E-state index contributed by atoms with van der Waals surface area (Å²) in [5.41, 5.74) is 0.642. The first-order valence-electron chi connectivity index (χ1n) is 8.46. The van der Waals surface area contributed by atoms with E-state index >= 15 is 0 Å². The van der Waals surface area contributed by atoms with Crippen LogP contribution in [-0.4, -0.2) is 48.7 Å². The lowest BCUT2D eigenvalue weighted by molar-refractivity contribution is -0.150. The van der Waals surface area contributed by atoms with Crippen molar-refractivity contribution in [2.75, 3.05) is 19.8 Å². The summed E-state index contributed by atoms with van der Waals surface area (Å²) in [7, 11) is 0. The molecule has 0 N–H and O–H groups in total. The van der Waals surface area contributed by atoms with Gasteiger partial charge < -0.3 is 14.4 Å². The van der Waals surface area contributed by atoms with Gasteiger partial charge in [0.1, 0.15) is 0 Å². The predicted molar refractivity (Wildman–Crippen MR) is 92.8 cm³/mol. The number of benzene rings is 1. The Balaban J connectivity index is 1.56. The zero-order valence-electron chi connectivity index (χ0n) is 13.6. The van der Waals surface area contributed by atoms with E-state index < -0.39 is 0 Å². The van der Waals surface area contributed by atoms with Gasteiger partial charge in [0, 0.05) is 29.4 Å². The van der Waals surface area contributed by atoms with Crippen molar-refractivity contribution in [3.63, 3.8) is 0 Å². The highest BCUT2D eigenvalue weighted by atomic mass is 79.9. The van der Waals surface area contributed by atoms with Crippen molar-refractivity contribution < 1.29 is 19.1 Å². The van der Waals surface area contributed by atoms with Gasteiger partial charge in [-0.1, -0.05) is 28.1 Å². The Bertz CT molecular complexity index is 583. The topological polar surface area (TPSA) is 55.8 Å². The lowest BCUT2D eigenvalue weighted by Crippen LogP contribution is -2.50. The molecule has 130 valence electrons. The van der Waals surface area contributed by atoms with Crippen molar-refractivity contribution in [2.45, 2.75) is 44.4 Å². The second kappa shape index (κ2) is 8.23. The molecule has 0 bridgehead atoms. The minimum atomic E-state index is -0.309. The molecule has 0 radical (unpaired) electrons. The Morgan fingerprint density at radius 2 is 1.79 bits per heavy atom. The molecule has 2 saturated heterocycles. The summed E-state index contributed by atoms with van der Waals surface area (Å²) in [6.07, 6.45) is 3.13. The number of Topliss-reactive ketones (excluding diaryl/α,β-unsaturated/α-hetero) is 1. The standard InChI is InChI=1S/C18H22BrNO4/c19-14-6-4-13(5-7-14)16(21)8-9-17(22)20-10-2-1-3-15(20)18-23-11-12-24-18/h4-7,15,18H,1-3,8-12H2/t15-/m0/s1. The fraction of sp³-hybridized carbons (Fsp3) is 0.556. The summed E-state index contributed by atoms with van der Waals surface area (Å²) in [5, 5.41) is 0. The van der Waals surface area contributed by atoms with E-state index in [9.17, 15) is 9.59 Å². The van der Waals surface area contributed by atoms with E-state index in [1.54, 1.807) is 12.1 Å². The lowest BCUT2D eigenvalue weighted by atomic mass is 10.00. The van der Waals surface area contributed by atoms with E-state index in [0.717, 1.165) is 30.3 Å². The predicted octanol–water partition coefficient (Wildman–Crippen LogP) is 3.17. The number of ether oxygens (including phenoxy) is 2. The molecular weight excluding hydrogens is 374 g/mol. The molecule has 2 heterocycles. The van der Waals surface area contributed by atoms with Crippen LogP contribution in [0.3, 0.4) is 0 Å². The Morgan fingerprint density at radius 1 is 1.08 bits per heavy atom. The first-order chi connectivity index (χ1) is 11.6. The van der Waals surface area contributed by atoms with Crippen molar-refractivity contribution in [3.8, 4) is 0 Å². The second-order valence-electron chi connectivity index (χ2n) is 6.19. The quantitative estimate of drug-likeness (QED) is 0.718. The molecule has 6 heteroatoms. The Labute approximate surface area is 150 Å². The molecule has 0 aliphatic carbocycles. The molecule has 2 aliphatic rings. The number of carbonyl (C=O) groups excluding carboxylic acids is 2. The Morgan fingerprint density at radius 3 is 2.50 bits per heavy atom. The summed E-state index contributed by atoms with van der Waals surface area (Å²) in [6.45, 7) is 1.90. The number of hydrogen-bond donors (Lipinski definition) is 0. The molecule has 1 aromatic rings. The maximum atomic E-state index is 12.6. The van der Waals surface area contributed by atoms with Crippen LogP contribution >= 0.6 is 15.9 Å². The highest BCUT2D eigenvalue weighted by molar-refractivity contribution is 9.10. The number of piperidine rings is 1. The van der Waals surface area contributed by atoms with Crippen LogP contribution in [0.25, 0.3) is 0 Å². The van der Waals surface area contributed by atoms with E-state index in [2.05, 4.69) is 15.9 Å². The monoisotopic (exact) mass is 395 g/mol. The zero-order valence-corrected chi connectivity index (χ0v) is 15.2. The van der Waals surface area contributed by atoms with Crippen LogP contribution in [0, 0.1) is 0 Å². The lowest BCUT2D eigenvalue weighted by Gasteiger charge is -2.38. The third-order valence-corrected chi connectivity index (χ3v) is 5.09. The average Bonchev–Trinajstić information content (AvgIpc) is 3.14. The van der Waals surface area contributed by atoms with Crippen molar-refractivity contribution in [1.29, 1.82) is 0 Å². The van der Waals surface area contributed by atoms with Gasteiger partial charge in [-0.05, 0) is 31.4 Å². The molecule has 0 unspecified atom stereocenters. The highest BCUT2D eigenvalue weighted by Crippen LogP contribution is 2.25. The van der Waals surface area contributed by atoms with Crippen LogP contribution in [0.1, 0.15) is 42.5 Å². The number of hydrogen-bond acceptors (Lipinski definition) is 4. The number of ketones is 1. The normalized spacial score (nSPS) is 21.9. The minimum Gasteiger partial charge on any atom is -0.348 e. The summed E-state index contributed by atoms with van der Waals surface area (Å²) in [5.74, 6) is 0.0158. The van der Waals surface area contributed by atoms with Gasteiger partial charge in [-0.15, -0.1) is 0 Å². The Kier molecular flexibility index (Phi) is 6.03. The van der Waals surface area contributed by atoms with Crippen LogP contribution in [0.15, 0.2) is 28.7 Å². The summed E-state index contributed by atoms with van der Waals surface area (Å²) in [4.78, 5) is 26.7. The number of halogens is 1. The summed E-state index contributed by atoms with van der Waals surface area (Å²) < 4.78 is 12.1. The van der Waals surface area contributed by atoms with Crippen molar-refractivity contribution in [1.82, 2.24) is 4.90 Å². The van der Waals surface area contributed by atoms with Crippen LogP contribution in [0.5, 0.6) is 0 Å². The molecule has 2 fully saturated rings. The smallest absolute Gasteiger partial charge is 0.223 e. The fourth-order valence-electron chi connectivity index (χ4n) is 3.29. The molecule has 24 heavy (non-hydrogen) atoms. The highest BCUT2D eigenvalue weighted by Gasteiger charge is 2.36. The van der Waals surface area contributed by atoms with E-state index in [1.165, 1.54) is 0 Å². The van der Waals surface area contributed by atoms with E-state index in [-0.39, 0.29) is 36.9 Å². The van der Waals surface area contributed by atoms with E-state index in [0.29, 0.717) is 18.8 Å². The number of rotatable bonds is 5. The van der Waals surface area contributed by atoms with Gasteiger partial charge in [0.05, 0.1) is 19.3 Å². The molecule has 1 amide bonds. The fourth-order valence-corrected chi connectivity index (χ4v) is 3.56. The molecule has 3 rings (SSSR count). The van der Waals surface area contributed by atoms with Crippen LogP contribution in [0.4, 0.5) is 0 Å². The minimum absolute atomic E-state index is 0.00206. The number of likely N-dealkylation sites (tertiary alicyclic amines) is 1. The molecule has 0 aromatic heterocycles.